The van der Waals surface area contributed by atoms with Gasteiger partial charge < -0.3 is 19.9 Å². The Labute approximate surface area is 130 Å². The van der Waals surface area contributed by atoms with Crippen LogP contribution in [0.25, 0.3) is 0 Å². The summed E-state index contributed by atoms with van der Waals surface area (Å²) in [6, 6.07) is 3.42. The highest BCUT2D eigenvalue weighted by molar-refractivity contribution is 5.38. The summed E-state index contributed by atoms with van der Waals surface area (Å²) in [4.78, 5) is 8.89. The summed E-state index contributed by atoms with van der Waals surface area (Å²) in [5, 5.41) is 3.28. The molecule has 0 aromatic carbocycles. The van der Waals surface area contributed by atoms with E-state index in [9.17, 15) is 8.78 Å². The minimum Gasteiger partial charge on any atom is -0.433 e. The molecule has 1 N–H and O–H groups in total. The molecule has 0 amide bonds. The molecule has 0 bridgehead atoms. The van der Waals surface area contributed by atoms with Gasteiger partial charge in [0, 0.05) is 38.8 Å². The number of halogens is 2. The molecular formula is C15H24F2N4O. The number of hydrogen-bond donors (Lipinski definition) is 1. The first kappa shape index (κ1) is 16.9. The summed E-state index contributed by atoms with van der Waals surface area (Å²) in [5.41, 5.74) is 0. The highest BCUT2D eigenvalue weighted by atomic mass is 19.3. The highest BCUT2D eigenvalue weighted by Gasteiger charge is 2.14. The molecule has 1 unspecified atom stereocenters. The van der Waals surface area contributed by atoms with Gasteiger partial charge in [0.05, 0.1) is 6.20 Å². The molecule has 2 rings (SSSR count). The van der Waals surface area contributed by atoms with Crippen molar-refractivity contribution in [2.24, 2.45) is 0 Å². The lowest BCUT2D eigenvalue weighted by molar-refractivity contribution is -0.0500. The second kappa shape index (κ2) is 8.24. The Morgan fingerprint density at radius 1 is 1.27 bits per heavy atom. The first-order chi connectivity index (χ1) is 10.5. The van der Waals surface area contributed by atoms with Gasteiger partial charge in [-0.15, -0.1) is 0 Å². The normalized spacial score (nSPS) is 18.4. The van der Waals surface area contributed by atoms with Gasteiger partial charge in [-0.25, -0.2) is 4.98 Å². The summed E-state index contributed by atoms with van der Waals surface area (Å²) in [6.45, 7) is 4.80. The van der Waals surface area contributed by atoms with Crippen LogP contribution < -0.4 is 10.1 Å². The fourth-order valence-corrected chi connectivity index (χ4v) is 2.41. The third-order valence-electron chi connectivity index (χ3n) is 3.83. The molecule has 0 saturated carbocycles. The molecule has 1 aromatic heterocycles. The average Bonchev–Trinajstić information content (AvgIpc) is 2.48. The van der Waals surface area contributed by atoms with Crippen LogP contribution in [0, 0.1) is 0 Å². The number of rotatable bonds is 7. The van der Waals surface area contributed by atoms with Gasteiger partial charge in [-0.2, -0.15) is 8.78 Å². The van der Waals surface area contributed by atoms with Crippen LogP contribution in [0.15, 0.2) is 18.3 Å². The molecule has 1 aliphatic heterocycles. The zero-order chi connectivity index (χ0) is 15.9. The molecule has 1 aliphatic rings. The van der Waals surface area contributed by atoms with Gasteiger partial charge in [0.25, 0.3) is 0 Å². The van der Waals surface area contributed by atoms with Gasteiger partial charge in [0.2, 0.25) is 0 Å². The van der Waals surface area contributed by atoms with Crippen molar-refractivity contribution in [2.75, 3.05) is 45.1 Å². The number of aromatic nitrogens is 1. The third kappa shape index (κ3) is 5.73. The summed E-state index contributed by atoms with van der Waals surface area (Å²) < 4.78 is 28.4. The van der Waals surface area contributed by atoms with Crippen LogP contribution in [0.4, 0.5) is 14.6 Å². The molecule has 1 aromatic rings. The second-order valence-corrected chi connectivity index (χ2v) is 5.74. The summed E-state index contributed by atoms with van der Waals surface area (Å²) in [7, 11) is 2.15. The lowest BCUT2D eigenvalue weighted by Gasteiger charge is -2.33. The molecule has 1 fully saturated rings. The van der Waals surface area contributed by atoms with Crippen molar-refractivity contribution in [3.05, 3.63) is 18.3 Å². The Balaban J connectivity index is 1.71. The Bertz CT molecular complexity index is 436. The molecular weight excluding hydrogens is 290 g/mol. The van der Waals surface area contributed by atoms with Crippen molar-refractivity contribution in [3.8, 4) is 5.75 Å². The summed E-state index contributed by atoms with van der Waals surface area (Å²) in [5.74, 6) is 0.748. The van der Waals surface area contributed by atoms with E-state index in [2.05, 4.69) is 38.8 Å². The van der Waals surface area contributed by atoms with Crippen molar-refractivity contribution in [3.63, 3.8) is 0 Å². The van der Waals surface area contributed by atoms with E-state index >= 15 is 0 Å². The quantitative estimate of drug-likeness (QED) is 0.835. The van der Waals surface area contributed by atoms with Crippen LogP contribution in [0.3, 0.4) is 0 Å². The number of nitrogens with one attached hydrogen (secondary N) is 1. The van der Waals surface area contributed by atoms with Crippen LogP contribution in [0.5, 0.6) is 5.75 Å². The topological polar surface area (TPSA) is 40.6 Å². The lowest BCUT2D eigenvalue weighted by atomic mass is 10.2. The first-order valence-electron chi connectivity index (χ1n) is 7.61. The van der Waals surface area contributed by atoms with E-state index < -0.39 is 6.61 Å². The Kier molecular flexibility index (Phi) is 6.33. The number of anilines is 1. The van der Waals surface area contributed by atoms with Crippen molar-refractivity contribution < 1.29 is 13.5 Å². The third-order valence-corrected chi connectivity index (χ3v) is 3.83. The highest BCUT2D eigenvalue weighted by Crippen LogP contribution is 2.15. The molecule has 22 heavy (non-hydrogen) atoms. The predicted octanol–water partition coefficient (Wildman–Crippen LogP) is 2.12. The predicted molar refractivity (Wildman–Crippen MR) is 82.5 cm³/mol. The molecule has 0 spiro atoms. The average molecular weight is 314 g/mol. The van der Waals surface area contributed by atoms with Gasteiger partial charge in [0.1, 0.15) is 11.6 Å². The summed E-state index contributed by atoms with van der Waals surface area (Å²) in [6.07, 6.45) is 2.32. The van der Waals surface area contributed by atoms with E-state index in [1.165, 1.54) is 12.3 Å². The van der Waals surface area contributed by atoms with Gasteiger partial charge in [-0.05, 0) is 32.5 Å². The molecule has 2 heterocycles. The number of nitrogens with zero attached hydrogens (tertiary/aromatic N) is 3. The van der Waals surface area contributed by atoms with Crippen LogP contribution >= 0.6 is 0 Å². The van der Waals surface area contributed by atoms with Crippen molar-refractivity contribution in [1.29, 1.82) is 0 Å². The number of likely N-dealkylation sites (N-methyl/N-ethyl adjacent to an activating group) is 1. The maximum atomic E-state index is 12.1. The summed E-state index contributed by atoms with van der Waals surface area (Å²) >= 11 is 0. The number of pyridine rings is 1. The molecule has 7 heteroatoms. The van der Waals surface area contributed by atoms with E-state index in [1.807, 2.05) is 0 Å². The minimum atomic E-state index is -2.82. The number of hydrogen-bond acceptors (Lipinski definition) is 5. The Morgan fingerprint density at radius 3 is 2.59 bits per heavy atom. The second-order valence-electron chi connectivity index (χ2n) is 5.74. The zero-order valence-electron chi connectivity index (χ0n) is 13.1. The van der Waals surface area contributed by atoms with E-state index in [0.29, 0.717) is 5.82 Å². The molecule has 0 aliphatic carbocycles. The standard InChI is InChI=1S/C15H24F2N4O/c1-12(5-6-21-9-7-20(2)8-10-21)19-14-4-3-13(11-18-14)22-15(16)17/h3-4,11-12,15H,5-10H2,1-2H3,(H,18,19). The van der Waals surface area contributed by atoms with Crippen molar-refractivity contribution in [1.82, 2.24) is 14.8 Å². The van der Waals surface area contributed by atoms with E-state index in [0.717, 1.165) is 39.1 Å². The lowest BCUT2D eigenvalue weighted by Crippen LogP contribution is -2.45. The van der Waals surface area contributed by atoms with Gasteiger partial charge in [-0.3, -0.25) is 0 Å². The Morgan fingerprint density at radius 2 is 2.00 bits per heavy atom. The van der Waals surface area contributed by atoms with E-state index in [4.69, 9.17) is 0 Å². The number of piperazine rings is 1. The van der Waals surface area contributed by atoms with Crippen LogP contribution in [-0.2, 0) is 0 Å². The smallest absolute Gasteiger partial charge is 0.387 e. The first-order valence-corrected chi connectivity index (χ1v) is 7.61. The van der Waals surface area contributed by atoms with E-state index in [-0.39, 0.29) is 11.8 Å². The fraction of sp³-hybridized carbons (Fsp3) is 0.667. The Hall–Kier alpha value is -1.47. The van der Waals surface area contributed by atoms with Gasteiger partial charge in [0.15, 0.2) is 0 Å². The zero-order valence-corrected chi connectivity index (χ0v) is 13.1. The number of alkyl halides is 2. The van der Waals surface area contributed by atoms with Crippen LogP contribution in [0.1, 0.15) is 13.3 Å². The molecule has 1 atom stereocenters. The molecule has 1 saturated heterocycles. The molecule has 124 valence electrons. The largest absolute Gasteiger partial charge is 0.433 e. The van der Waals surface area contributed by atoms with Crippen molar-refractivity contribution in [2.45, 2.75) is 26.0 Å². The van der Waals surface area contributed by atoms with Gasteiger partial charge in [-0.1, -0.05) is 0 Å². The van der Waals surface area contributed by atoms with Crippen molar-refractivity contribution >= 4 is 5.82 Å². The number of ether oxygens (including phenoxy) is 1. The maximum absolute atomic E-state index is 12.1. The monoisotopic (exact) mass is 314 g/mol. The maximum Gasteiger partial charge on any atom is 0.387 e. The van der Waals surface area contributed by atoms with Gasteiger partial charge >= 0.3 is 6.61 Å². The fourth-order valence-electron chi connectivity index (χ4n) is 2.41. The minimum absolute atomic E-state index is 0.0747. The van der Waals surface area contributed by atoms with Crippen LogP contribution in [0.2, 0.25) is 0 Å². The molecule has 5 nitrogen and oxygen atoms in total. The van der Waals surface area contributed by atoms with E-state index in [1.54, 1.807) is 6.07 Å². The molecule has 0 radical (unpaired) electrons. The van der Waals surface area contributed by atoms with Crippen LogP contribution in [-0.4, -0.2) is 67.2 Å². The SMILES string of the molecule is CC(CCN1CCN(C)CC1)Nc1ccc(OC(F)F)cn1.